The molecule has 1 aliphatic heterocycles. The molecule has 14 heteroatoms. The number of fused-ring (bicyclic) bond motifs is 1. The van der Waals surface area contributed by atoms with Gasteiger partial charge in [-0.2, -0.15) is 0 Å². The number of anilines is 2. The van der Waals surface area contributed by atoms with Gasteiger partial charge in [0.25, 0.3) is 11.8 Å². The smallest absolute Gasteiger partial charge is 0.258 e. The quantitative estimate of drug-likeness (QED) is 0.191. The minimum atomic E-state index is -3.61. The van der Waals surface area contributed by atoms with Crippen molar-refractivity contribution in [2.24, 2.45) is 0 Å². The molecule has 1 saturated heterocycles. The first-order valence-corrected chi connectivity index (χ1v) is 18.4. The average Bonchev–Trinajstić information content (AvgIpc) is 3.55. The number of likely N-dealkylation sites (N-methyl/N-ethyl adjacent to an activating group) is 1. The van der Waals surface area contributed by atoms with Crippen molar-refractivity contribution in [1.29, 1.82) is 0 Å². The van der Waals surface area contributed by atoms with Gasteiger partial charge in [-0.1, -0.05) is 12.1 Å². The number of sulfone groups is 1. The molecule has 5 rings (SSSR count). The zero-order chi connectivity index (χ0) is 36.0. The van der Waals surface area contributed by atoms with Crippen LogP contribution in [-0.4, -0.2) is 106 Å². The van der Waals surface area contributed by atoms with Crippen LogP contribution in [-0.2, 0) is 14.6 Å². The van der Waals surface area contributed by atoms with Crippen LogP contribution in [0.3, 0.4) is 0 Å². The minimum absolute atomic E-state index is 0.168. The molecule has 13 nitrogen and oxygen atoms in total. The number of rotatable bonds is 13. The fourth-order valence-electron chi connectivity index (χ4n) is 5.75. The maximum Gasteiger partial charge on any atom is 0.258 e. The summed E-state index contributed by atoms with van der Waals surface area (Å²) >= 11 is 0. The van der Waals surface area contributed by atoms with Crippen LogP contribution in [0.5, 0.6) is 11.5 Å². The van der Waals surface area contributed by atoms with Gasteiger partial charge in [0.1, 0.15) is 17.0 Å². The first kappa shape index (κ1) is 36.3. The molecule has 1 fully saturated rings. The number of imidazole rings is 1. The van der Waals surface area contributed by atoms with Crippen LogP contribution in [0, 0.1) is 6.92 Å². The Hall–Kier alpha value is -4.95. The lowest BCUT2D eigenvalue weighted by atomic mass is 10.1. The number of unbranched alkanes of at least 4 members (excludes halogenated alkanes) is 2. The molecule has 0 unspecified atom stereocenters. The Morgan fingerprint density at radius 3 is 2.46 bits per heavy atom. The van der Waals surface area contributed by atoms with Gasteiger partial charge in [0, 0.05) is 51.5 Å². The van der Waals surface area contributed by atoms with Crippen LogP contribution in [0.25, 0.3) is 11.0 Å². The predicted molar refractivity (Wildman–Crippen MR) is 192 cm³/mol. The topological polar surface area (TPSA) is 154 Å². The molecule has 0 saturated carbocycles. The summed E-state index contributed by atoms with van der Waals surface area (Å²) in [4.78, 5) is 52.1. The number of aromatic amines is 1. The largest absolute Gasteiger partial charge is 0.495 e. The van der Waals surface area contributed by atoms with Gasteiger partial charge in [-0.25, -0.2) is 13.4 Å². The van der Waals surface area contributed by atoms with Gasteiger partial charge >= 0.3 is 0 Å². The summed E-state index contributed by atoms with van der Waals surface area (Å²) in [6.07, 6.45) is 4.01. The number of aromatic nitrogens is 2. The van der Waals surface area contributed by atoms with E-state index in [-0.39, 0.29) is 33.8 Å². The Labute approximate surface area is 292 Å². The van der Waals surface area contributed by atoms with Gasteiger partial charge in [-0.05, 0) is 81.3 Å². The van der Waals surface area contributed by atoms with E-state index in [9.17, 15) is 22.8 Å². The molecule has 1 aliphatic rings. The Balaban J connectivity index is 1.21. The number of para-hydroxylation sites is 1. The van der Waals surface area contributed by atoms with E-state index in [4.69, 9.17) is 9.47 Å². The summed E-state index contributed by atoms with van der Waals surface area (Å²) in [6.45, 7) is 5.80. The number of carbonyl (C=O) groups excluding carboxylic acids is 3. The molecule has 3 aromatic carbocycles. The van der Waals surface area contributed by atoms with Crippen molar-refractivity contribution < 1.29 is 32.3 Å². The monoisotopic (exact) mass is 704 g/mol. The number of hydrogen-bond acceptors (Lipinski definition) is 9. The molecule has 2 N–H and O–H groups in total. The molecule has 266 valence electrons. The Morgan fingerprint density at radius 2 is 1.74 bits per heavy atom. The second-order valence-corrected chi connectivity index (χ2v) is 14.5. The van der Waals surface area contributed by atoms with E-state index in [2.05, 4.69) is 27.2 Å². The van der Waals surface area contributed by atoms with E-state index < -0.39 is 15.7 Å². The molecule has 0 bridgehead atoms. The minimum Gasteiger partial charge on any atom is -0.495 e. The number of carbonyl (C=O) groups is 3. The van der Waals surface area contributed by atoms with E-state index in [0.717, 1.165) is 57.3 Å². The van der Waals surface area contributed by atoms with Gasteiger partial charge in [-0.15, -0.1) is 0 Å². The molecule has 0 radical (unpaired) electrons. The van der Waals surface area contributed by atoms with Crippen molar-refractivity contribution in [2.75, 3.05) is 70.5 Å². The normalized spacial score (nSPS) is 13.7. The third-order valence-electron chi connectivity index (χ3n) is 8.71. The SMILES string of the molecule is COc1cc(C(=O)N(C)c2ccc(C)cc2OCCCCCC(=O)N2CCN(C)CC2)ccc1NC(=O)c1cccc2[nH]c(S(C)(=O)=O)nc12. The summed E-state index contributed by atoms with van der Waals surface area (Å²) in [5, 5.41) is 2.56. The van der Waals surface area contributed by atoms with Crippen LogP contribution >= 0.6 is 0 Å². The van der Waals surface area contributed by atoms with Crippen molar-refractivity contribution in [3.05, 3.63) is 71.3 Å². The molecular formula is C36H44N6O7S. The van der Waals surface area contributed by atoms with Crippen LogP contribution in [0.2, 0.25) is 0 Å². The lowest BCUT2D eigenvalue weighted by Crippen LogP contribution is -2.47. The van der Waals surface area contributed by atoms with Crippen LogP contribution in [0.1, 0.15) is 52.0 Å². The number of H-pyrrole nitrogens is 1. The molecule has 0 spiro atoms. The van der Waals surface area contributed by atoms with Crippen molar-refractivity contribution in [2.45, 2.75) is 37.8 Å². The standard InChI is InChI=1S/C36H44N6O7S/c1-24-13-16-29(31(22-24)49-21-8-6-7-12-32(43)42-19-17-40(2)18-20-42)41(3)35(45)25-14-15-27(30(23-25)48-4)37-34(44)26-10-9-11-28-33(26)39-36(38-28)50(5,46)47/h9-11,13-16,22-23H,6-8,12,17-21H2,1-5H3,(H,37,44)(H,38,39). The van der Waals surface area contributed by atoms with E-state index in [0.29, 0.717) is 41.2 Å². The highest BCUT2D eigenvalue weighted by molar-refractivity contribution is 7.90. The van der Waals surface area contributed by atoms with Crippen molar-refractivity contribution in [3.63, 3.8) is 0 Å². The number of methoxy groups -OCH3 is 1. The summed E-state index contributed by atoms with van der Waals surface area (Å²) in [5.74, 6) is 0.211. The number of nitrogens with zero attached hydrogens (tertiary/aromatic N) is 4. The van der Waals surface area contributed by atoms with Gasteiger partial charge in [-0.3, -0.25) is 14.4 Å². The zero-order valence-electron chi connectivity index (χ0n) is 29.1. The molecular weight excluding hydrogens is 660 g/mol. The number of nitrogens with one attached hydrogen (secondary N) is 2. The zero-order valence-corrected chi connectivity index (χ0v) is 29.9. The van der Waals surface area contributed by atoms with Crippen molar-refractivity contribution in [1.82, 2.24) is 19.8 Å². The first-order valence-electron chi connectivity index (χ1n) is 16.5. The lowest BCUT2D eigenvalue weighted by molar-refractivity contribution is -0.132. The number of benzene rings is 3. The van der Waals surface area contributed by atoms with Crippen LogP contribution in [0.4, 0.5) is 11.4 Å². The highest BCUT2D eigenvalue weighted by Gasteiger charge is 2.22. The number of hydrogen-bond donors (Lipinski definition) is 2. The molecule has 3 amide bonds. The molecule has 4 aromatic rings. The second kappa shape index (κ2) is 15.7. The summed E-state index contributed by atoms with van der Waals surface area (Å²) < 4.78 is 35.7. The maximum atomic E-state index is 13.7. The summed E-state index contributed by atoms with van der Waals surface area (Å²) in [6, 6.07) is 15.2. The van der Waals surface area contributed by atoms with Gasteiger partial charge < -0.3 is 34.5 Å². The van der Waals surface area contributed by atoms with E-state index in [1.165, 1.54) is 12.0 Å². The maximum absolute atomic E-state index is 13.7. The van der Waals surface area contributed by atoms with E-state index in [1.54, 1.807) is 43.4 Å². The first-order chi connectivity index (χ1) is 23.8. The lowest BCUT2D eigenvalue weighted by Gasteiger charge is -2.32. The number of amides is 3. The molecule has 2 heterocycles. The van der Waals surface area contributed by atoms with Gasteiger partial charge in [0.2, 0.25) is 20.9 Å². The molecule has 0 atom stereocenters. The van der Waals surface area contributed by atoms with Crippen molar-refractivity contribution >= 4 is 50.0 Å². The number of ether oxygens (including phenoxy) is 2. The van der Waals surface area contributed by atoms with E-state index in [1.807, 2.05) is 30.0 Å². The van der Waals surface area contributed by atoms with Gasteiger partial charge in [0.05, 0.1) is 36.2 Å². The Kier molecular flexibility index (Phi) is 11.4. The van der Waals surface area contributed by atoms with Crippen molar-refractivity contribution in [3.8, 4) is 11.5 Å². The Morgan fingerprint density at radius 1 is 0.980 bits per heavy atom. The van der Waals surface area contributed by atoms with Crippen LogP contribution in [0.15, 0.2) is 59.8 Å². The molecule has 0 aliphatic carbocycles. The van der Waals surface area contributed by atoms with E-state index >= 15 is 0 Å². The second-order valence-electron chi connectivity index (χ2n) is 12.6. The molecule has 1 aromatic heterocycles. The fourth-order valence-corrected chi connectivity index (χ4v) is 6.31. The Bertz CT molecular complexity index is 1990. The third kappa shape index (κ3) is 8.61. The highest BCUT2D eigenvalue weighted by atomic mass is 32.2. The summed E-state index contributed by atoms with van der Waals surface area (Å²) in [5.41, 5.74) is 3.02. The average molecular weight is 705 g/mol. The van der Waals surface area contributed by atoms with Gasteiger partial charge in [0.15, 0.2) is 0 Å². The number of aryl methyl sites for hydroxylation is 1. The fraction of sp³-hybridized carbons (Fsp3) is 0.389. The van der Waals surface area contributed by atoms with Crippen LogP contribution < -0.4 is 19.7 Å². The summed E-state index contributed by atoms with van der Waals surface area (Å²) in [7, 11) is 1.56. The third-order valence-corrected chi connectivity index (χ3v) is 9.61. The number of piperazine rings is 1. The molecule has 50 heavy (non-hydrogen) atoms. The predicted octanol–water partition coefficient (Wildman–Crippen LogP) is 4.53. The highest BCUT2D eigenvalue weighted by Crippen LogP contribution is 2.32.